The van der Waals surface area contributed by atoms with E-state index in [4.69, 9.17) is 14.2 Å². The molecule has 0 aliphatic carbocycles. The molecule has 5 amide bonds. The van der Waals surface area contributed by atoms with Crippen LogP contribution in [0, 0.1) is 0 Å². The number of hydrogen-bond donors (Lipinski definition) is 6. The molecule has 0 spiro atoms. The van der Waals surface area contributed by atoms with Gasteiger partial charge in [-0.2, -0.15) is 0 Å². The molecule has 324 valence electrons. The summed E-state index contributed by atoms with van der Waals surface area (Å²) in [6.07, 6.45) is 2.24. The molecule has 3 aromatic rings. The van der Waals surface area contributed by atoms with Gasteiger partial charge in [-0.3, -0.25) is 14.6 Å². The van der Waals surface area contributed by atoms with Gasteiger partial charge in [0.05, 0.1) is 17.4 Å². The van der Waals surface area contributed by atoms with Gasteiger partial charge in [0.2, 0.25) is 11.8 Å². The number of alkyl carbamates (subject to hydrolysis) is 3. The fourth-order valence-electron chi connectivity index (χ4n) is 5.92. The summed E-state index contributed by atoms with van der Waals surface area (Å²) in [7, 11) is 0. The molecular weight excluding hydrogens is 755 g/mol. The molecule has 0 bridgehead atoms. The van der Waals surface area contributed by atoms with Gasteiger partial charge in [-0.1, -0.05) is 48.5 Å². The van der Waals surface area contributed by atoms with E-state index in [1.807, 2.05) is 60.7 Å². The van der Waals surface area contributed by atoms with E-state index in [0.29, 0.717) is 44.5 Å². The van der Waals surface area contributed by atoms with Crippen molar-refractivity contribution >= 4 is 46.7 Å². The van der Waals surface area contributed by atoms with Crippen LogP contribution in [0.15, 0.2) is 66.9 Å². The van der Waals surface area contributed by atoms with Crippen LogP contribution >= 0.6 is 0 Å². The molecule has 0 aliphatic rings. The number of aromatic nitrogens is 1. The average Bonchev–Trinajstić information content (AvgIpc) is 3.12. The zero-order valence-electron chi connectivity index (χ0n) is 36.2. The third kappa shape index (κ3) is 20.2. The first-order chi connectivity index (χ1) is 27.7. The summed E-state index contributed by atoms with van der Waals surface area (Å²) in [5.41, 5.74) is 0.156. The number of nitrogens with zero attached hydrogens (tertiary/aromatic N) is 1. The molecule has 0 radical (unpaired) electrons. The summed E-state index contributed by atoms with van der Waals surface area (Å²) in [5, 5.41) is 18.3. The number of pyridine rings is 1. The van der Waals surface area contributed by atoms with E-state index in [0.717, 1.165) is 16.5 Å². The molecule has 1 aromatic heterocycles. The molecule has 1 heterocycles. The molecule has 1 unspecified atom stereocenters. The van der Waals surface area contributed by atoms with Crippen molar-refractivity contribution in [1.82, 2.24) is 31.6 Å². The Morgan fingerprint density at radius 2 is 1.19 bits per heavy atom. The summed E-state index contributed by atoms with van der Waals surface area (Å²) in [5.74, 6) is -0.970. The van der Waals surface area contributed by atoms with Gasteiger partial charge in [-0.15, -0.1) is 0 Å². The number of carbonyl (C=O) groups is 5. The molecule has 6 N–H and O–H groups in total. The number of ether oxygens (including phenoxy) is 3. The van der Waals surface area contributed by atoms with Gasteiger partial charge in [0.15, 0.2) is 0 Å². The number of hydrogen-bond acceptors (Lipinski definition) is 10. The maximum absolute atomic E-state index is 14.1. The van der Waals surface area contributed by atoms with Crippen LogP contribution in [0.1, 0.15) is 100.0 Å². The molecule has 15 nitrogen and oxygen atoms in total. The second-order valence-electron chi connectivity index (χ2n) is 17.4. The second kappa shape index (κ2) is 22.6. The number of fused-ring (bicyclic) bond motifs is 1. The normalized spacial score (nSPS) is 13.3. The Morgan fingerprint density at radius 1 is 0.610 bits per heavy atom. The van der Waals surface area contributed by atoms with Gasteiger partial charge < -0.3 is 46.1 Å². The highest BCUT2D eigenvalue weighted by Gasteiger charge is 2.29. The number of amides is 5. The van der Waals surface area contributed by atoms with Gasteiger partial charge >= 0.3 is 18.3 Å². The lowest BCUT2D eigenvalue weighted by atomic mass is 10.0. The third-order valence-corrected chi connectivity index (χ3v) is 8.50. The van der Waals surface area contributed by atoms with Crippen LogP contribution in [0.3, 0.4) is 0 Å². The topological polar surface area (TPSA) is 198 Å². The van der Waals surface area contributed by atoms with E-state index in [-0.39, 0.29) is 25.4 Å². The van der Waals surface area contributed by atoms with Crippen LogP contribution < -0.4 is 31.9 Å². The predicted molar refractivity (Wildman–Crippen MR) is 229 cm³/mol. The molecular formula is C44H65N7O8. The highest BCUT2D eigenvalue weighted by atomic mass is 16.6. The average molecular weight is 820 g/mol. The minimum atomic E-state index is -1.05. The van der Waals surface area contributed by atoms with Gasteiger partial charge in [-0.05, 0) is 119 Å². The highest BCUT2D eigenvalue weighted by Crippen LogP contribution is 2.18. The monoisotopic (exact) mass is 819 g/mol. The first-order valence-electron chi connectivity index (χ1n) is 20.3. The Bertz CT molecular complexity index is 1820. The van der Waals surface area contributed by atoms with Crippen molar-refractivity contribution in [2.24, 2.45) is 0 Å². The fraction of sp³-hybridized carbons (Fsp3) is 0.545. The standard InChI is InChI=1S/C44H65N7O8/c1-42(2,3)57-39(54)46-25-24-32(45-26-27-47-40(55)58-43(4,5)6)19-15-21-35(51-41(56)59-44(7,8)9)38(53)50-36(23-22-30-16-11-10-12-17-30)37(52)49-33-28-31-18-13-14-20-34(31)48-29-33/h10-14,16-18,20,28-29,32,35-36,45H,15,19,21-27H2,1-9H3,(H,46,54)(H,47,55)(H,49,52)(H,50,53)(H,51,56)/t32?,35-,36-/m0/s1. The van der Waals surface area contributed by atoms with Crippen molar-refractivity contribution in [2.75, 3.05) is 25.0 Å². The van der Waals surface area contributed by atoms with Crippen LogP contribution in [-0.4, -0.2) is 89.6 Å². The van der Waals surface area contributed by atoms with Crippen LogP contribution in [0.5, 0.6) is 0 Å². The quantitative estimate of drug-likeness (QED) is 0.0556. The zero-order valence-corrected chi connectivity index (χ0v) is 36.2. The smallest absolute Gasteiger partial charge is 0.408 e. The Morgan fingerprint density at radius 3 is 1.83 bits per heavy atom. The number of aryl methyl sites for hydroxylation is 1. The first kappa shape index (κ1) is 47.9. The summed E-state index contributed by atoms with van der Waals surface area (Å²) in [4.78, 5) is 70.0. The summed E-state index contributed by atoms with van der Waals surface area (Å²) < 4.78 is 16.2. The molecule has 3 rings (SSSR count). The van der Waals surface area contributed by atoms with Crippen molar-refractivity contribution in [3.05, 3.63) is 72.4 Å². The van der Waals surface area contributed by atoms with Gasteiger partial charge in [0.1, 0.15) is 28.9 Å². The Labute approximate surface area is 348 Å². The minimum absolute atomic E-state index is 0.157. The number of para-hydroxylation sites is 1. The van der Waals surface area contributed by atoms with Crippen molar-refractivity contribution in [1.29, 1.82) is 0 Å². The van der Waals surface area contributed by atoms with Gasteiger partial charge in [0.25, 0.3) is 0 Å². The molecule has 2 aromatic carbocycles. The molecule has 0 fully saturated rings. The van der Waals surface area contributed by atoms with Crippen LogP contribution in [0.25, 0.3) is 10.9 Å². The van der Waals surface area contributed by atoms with Crippen LogP contribution in [0.4, 0.5) is 20.1 Å². The van der Waals surface area contributed by atoms with Crippen molar-refractivity contribution in [3.8, 4) is 0 Å². The Kier molecular flexibility index (Phi) is 18.4. The minimum Gasteiger partial charge on any atom is -0.444 e. The molecule has 0 saturated heterocycles. The van der Waals surface area contributed by atoms with Gasteiger partial charge in [0, 0.05) is 31.1 Å². The number of anilines is 1. The van der Waals surface area contributed by atoms with Crippen LogP contribution in [-0.2, 0) is 30.2 Å². The van der Waals surface area contributed by atoms with E-state index in [2.05, 4.69) is 36.9 Å². The maximum atomic E-state index is 14.1. The van der Waals surface area contributed by atoms with E-state index in [9.17, 15) is 24.0 Å². The lowest BCUT2D eigenvalue weighted by Crippen LogP contribution is -2.53. The van der Waals surface area contributed by atoms with Crippen molar-refractivity contribution < 1.29 is 38.2 Å². The Balaban J connectivity index is 1.75. The number of benzene rings is 2. The second-order valence-corrected chi connectivity index (χ2v) is 17.4. The van der Waals surface area contributed by atoms with E-state index >= 15 is 0 Å². The number of carbonyl (C=O) groups excluding carboxylic acids is 5. The SMILES string of the molecule is CC(C)(C)OC(=O)NCCNC(CCC[C@H](NC(=O)OC(C)(C)C)C(=O)N[C@@H](CCc1ccccc1)C(=O)Nc1cnc2ccccc2c1)CCNC(=O)OC(C)(C)C. The lowest BCUT2D eigenvalue weighted by molar-refractivity contribution is -0.128. The molecule has 3 atom stereocenters. The first-order valence-corrected chi connectivity index (χ1v) is 20.3. The van der Waals surface area contributed by atoms with E-state index < -0.39 is 59.0 Å². The van der Waals surface area contributed by atoms with Crippen molar-refractivity contribution in [2.45, 2.75) is 136 Å². The van der Waals surface area contributed by atoms with Crippen molar-refractivity contribution in [3.63, 3.8) is 0 Å². The fourth-order valence-corrected chi connectivity index (χ4v) is 5.92. The largest absolute Gasteiger partial charge is 0.444 e. The molecule has 15 heteroatoms. The van der Waals surface area contributed by atoms with E-state index in [1.54, 1.807) is 68.5 Å². The van der Waals surface area contributed by atoms with Gasteiger partial charge in [-0.25, -0.2) is 14.4 Å². The molecule has 0 aliphatic heterocycles. The predicted octanol–water partition coefficient (Wildman–Crippen LogP) is 6.75. The Hall–Kier alpha value is -5.44. The molecule has 0 saturated carbocycles. The number of nitrogens with one attached hydrogen (secondary N) is 6. The van der Waals surface area contributed by atoms with Crippen LogP contribution in [0.2, 0.25) is 0 Å². The lowest BCUT2D eigenvalue weighted by Gasteiger charge is -2.26. The maximum Gasteiger partial charge on any atom is 0.408 e. The summed E-state index contributed by atoms with van der Waals surface area (Å²) in [6, 6.07) is 16.9. The van der Waals surface area contributed by atoms with E-state index in [1.165, 1.54) is 0 Å². The highest BCUT2D eigenvalue weighted by molar-refractivity contribution is 5.99. The summed E-state index contributed by atoms with van der Waals surface area (Å²) >= 11 is 0. The molecule has 59 heavy (non-hydrogen) atoms. The number of rotatable bonds is 19. The zero-order chi connectivity index (χ0) is 43.6. The summed E-state index contributed by atoms with van der Waals surface area (Å²) in [6.45, 7) is 16.9. The third-order valence-electron chi connectivity index (χ3n) is 8.50.